The highest BCUT2D eigenvalue weighted by Crippen LogP contribution is 2.30. The van der Waals surface area contributed by atoms with Crippen molar-refractivity contribution in [3.63, 3.8) is 0 Å². The molecule has 1 aromatic heterocycles. The summed E-state index contributed by atoms with van der Waals surface area (Å²) in [4.78, 5) is 11.8. The predicted molar refractivity (Wildman–Crippen MR) is 104 cm³/mol. The van der Waals surface area contributed by atoms with Crippen molar-refractivity contribution >= 4 is 28.4 Å². The minimum Gasteiger partial charge on any atom is -0.383 e. The van der Waals surface area contributed by atoms with Gasteiger partial charge in [-0.05, 0) is 24.6 Å². The largest absolute Gasteiger partial charge is 0.383 e. The highest BCUT2D eigenvalue weighted by atomic mass is 35.5. The number of nitrogens with one attached hydrogen (secondary N) is 1. The lowest BCUT2D eigenvalue weighted by molar-refractivity contribution is -0.121. The molecule has 0 unspecified atom stereocenters. The maximum Gasteiger partial charge on any atom is 0.220 e. The van der Waals surface area contributed by atoms with Crippen LogP contribution >= 0.6 is 11.6 Å². The Hall–Kier alpha value is -2.37. The van der Waals surface area contributed by atoms with Gasteiger partial charge in [0.25, 0.3) is 0 Å². The molecule has 0 aliphatic carbocycles. The minimum atomic E-state index is 0.0323. The van der Waals surface area contributed by atoms with E-state index in [0.717, 1.165) is 22.2 Å². The molecule has 0 aliphatic heterocycles. The van der Waals surface area contributed by atoms with E-state index in [9.17, 15) is 4.79 Å². The zero-order valence-electron chi connectivity index (χ0n) is 14.7. The molecule has 0 radical (unpaired) electrons. The van der Waals surface area contributed by atoms with Gasteiger partial charge in [-0.15, -0.1) is 0 Å². The average Bonchev–Trinajstić information content (AvgIpc) is 3.00. The van der Waals surface area contributed by atoms with Crippen LogP contribution in [-0.4, -0.2) is 35.9 Å². The summed E-state index contributed by atoms with van der Waals surface area (Å²) in [6.45, 7) is 1.73. The number of carbonyl (C=O) groups is 1. The molecule has 3 aromatic rings. The number of rotatable bonds is 8. The van der Waals surface area contributed by atoms with Crippen LogP contribution in [0.15, 0.2) is 48.5 Å². The van der Waals surface area contributed by atoms with E-state index in [4.69, 9.17) is 21.4 Å². The smallest absolute Gasteiger partial charge is 0.220 e. The number of fused-ring (bicyclic) bond motifs is 1. The van der Waals surface area contributed by atoms with E-state index in [2.05, 4.69) is 5.32 Å². The monoisotopic (exact) mass is 371 g/mol. The van der Waals surface area contributed by atoms with Gasteiger partial charge in [-0.3, -0.25) is 9.48 Å². The van der Waals surface area contributed by atoms with Crippen LogP contribution in [0.3, 0.4) is 0 Å². The molecule has 0 aliphatic rings. The number of aromatic nitrogens is 2. The van der Waals surface area contributed by atoms with Crippen molar-refractivity contribution in [3.8, 4) is 11.3 Å². The molecular weight excluding hydrogens is 350 g/mol. The first-order valence-electron chi connectivity index (χ1n) is 8.66. The summed E-state index contributed by atoms with van der Waals surface area (Å²) in [5.41, 5.74) is 2.98. The summed E-state index contributed by atoms with van der Waals surface area (Å²) in [5, 5.41) is 9.32. The number of hydrogen-bond donors (Lipinski definition) is 1. The van der Waals surface area contributed by atoms with Gasteiger partial charge in [0, 0.05) is 42.6 Å². The van der Waals surface area contributed by atoms with Crippen molar-refractivity contribution < 1.29 is 9.53 Å². The summed E-state index contributed by atoms with van der Waals surface area (Å²) in [6.07, 6.45) is 1.17. The number of halogens is 1. The van der Waals surface area contributed by atoms with Gasteiger partial charge in [0.05, 0.1) is 12.1 Å². The molecule has 0 fully saturated rings. The lowest BCUT2D eigenvalue weighted by atomic mass is 10.1. The highest BCUT2D eigenvalue weighted by molar-refractivity contribution is 6.31. The van der Waals surface area contributed by atoms with Gasteiger partial charge in [0.15, 0.2) is 0 Å². The lowest BCUT2D eigenvalue weighted by Gasteiger charge is -2.05. The third-order valence-corrected chi connectivity index (χ3v) is 4.40. The van der Waals surface area contributed by atoms with Gasteiger partial charge in [-0.1, -0.05) is 41.9 Å². The second kappa shape index (κ2) is 8.83. The van der Waals surface area contributed by atoms with Crippen molar-refractivity contribution in [1.29, 1.82) is 0 Å². The van der Waals surface area contributed by atoms with Crippen molar-refractivity contribution in [2.75, 3.05) is 20.3 Å². The molecule has 0 saturated carbocycles. The van der Waals surface area contributed by atoms with Crippen molar-refractivity contribution in [2.24, 2.45) is 0 Å². The standard InChI is InChI=1S/C20H22ClN3O2/c1-26-13-11-22-19(25)8-5-12-24-18-10-9-16(21)14-17(18)20(23-24)15-6-3-2-4-7-15/h2-4,6-7,9-10,14H,5,8,11-13H2,1H3,(H,22,25). The molecule has 0 saturated heterocycles. The Kier molecular flexibility index (Phi) is 6.26. The maximum absolute atomic E-state index is 11.8. The summed E-state index contributed by atoms with van der Waals surface area (Å²) in [7, 11) is 1.62. The van der Waals surface area contributed by atoms with E-state index >= 15 is 0 Å². The number of hydrogen-bond acceptors (Lipinski definition) is 3. The number of nitrogens with zero attached hydrogens (tertiary/aromatic N) is 2. The first kappa shape index (κ1) is 18.4. The van der Waals surface area contributed by atoms with Crippen LogP contribution in [0, 0.1) is 0 Å². The van der Waals surface area contributed by atoms with Crippen LogP contribution in [0.5, 0.6) is 0 Å². The fraction of sp³-hybridized carbons (Fsp3) is 0.300. The number of carbonyl (C=O) groups excluding carboxylic acids is 1. The van der Waals surface area contributed by atoms with Crippen molar-refractivity contribution in [1.82, 2.24) is 15.1 Å². The van der Waals surface area contributed by atoms with Crippen LogP contribution in [0.25, 0.3) is 22.2 Å². The SMILES string of the molecule is COCCNC(=O)CCCn1nc(-c2ccccc2)c2cc(Cl)ccc21. The molecule has 26 heavy (non-hydrogen) atoms. The average molecular weight is 372 g/mol. The Morgan fingerprint density at radius 1 is 1.23 bits per heavy atom. The molecular formula is C20H22ClN3O2. The highest BCUT2D eigenvalue weighted by Gasteiger charge is 2.13. The molecule has 0 atom stereocenters. The minimum absolute atomic E-state index is 0.0323. The van der Waals surface area contributed by atoms with E-state index in [-0.39, 0.29) is 5.91 Å². The van der Waals surface area contributed by atoms with Gasteiger partial charge in [0.1, 0.15) is 5.69 Å². The van der Waals surface area contributed by atoms with Crippen LogP contribution in [-0.2, 0) is 16.1 Å². The van der Waals surface area contributed by atoms with Crippen LogP contribution in [0.2, 0.25) is 5.02 Å². The summed E-state index contributed by atoms with van der Waals surface area (Å²) < 4.78 is 6.88. The Labute approximate surface area is 157 Å². The quantitative estimate of drug-likeness (QED) is 0.611. The Balaban J connectivity index is 1.76. The molecule has 0 bridgehead atoms. The van der Waals surface area contributed by atoms with E-state index in [0.29, 0.717) is 37.6 Å². The second-order valence-electron chi connectivity index (χ2n) is 6.05. The molecule has 5 nitrogen and oxygen atoms in total. The zero-order chi connectivity index (χ0) is 18.4. The van der Waals surface area contributed by atoms with Gasteiger partial charge >= 0.3 is 0 Å². The van der Waals surface area contributed by atoms with Crippen molar-refractivity contribution in [2.45, 2.75) is 19.4 Å². The van der Waals surface area contributed by atoms with Gasteiger partial charge < -0.3 is 10.1 Å². The summed E-state index contributed by atoms with van der Waals surface area (Å²) in [5.74, 6) is 0.0323. The summed E-state index contributed by atoms with van der Waals surface area (Å²) >= 11 is 6.19. The lowest BCUT2D eigenvalue weighted by Crippen LogP contribution is -2.26. The van der Waals surface area contributed by atoms with E-state index in [1.54, 1.807) is 7.11 Å². The Morgan fingerprint density at radius 2 is 2.04 bits per heavy atom. The fourth-order valence-corrected chi connectivity index (χ4v) is 3.07. The Bertz CT molecular complexity index is 877. The fourth-order valence-electron chi connectivity index (χ4n) is 2.90. The summed E-state index contributed by atoms with van der Waals surface area (Å²) in [6, 6.07) is 15.8. The van der Waals surface area contributed by atoms with Gasteiger partial charge in [-0.2, -0.15) is 5.10 Å². The predicted octanol–water partition coefficient (Wildman–Crippen LogP) is 3.90. The Morgan fingerprint density at radius 3 is 2.81 bits per heavy atom. The van der Waals surface area contributed by atoms with Crippen LogP contribution in [0.1, 0.15) is 12.8 Å². The normalized spacial score (nSPS) is 11.0. The van der Waals surface area contributed by atoms with E-state index in [1.807, 2.05) is 53.2 Å². The molecule has 6 heteroatoms. The second-order valence-corrected chi connectivity index (χ2v) is 6.48. The topological polar surface area (TPSA) is 56.1 Å². The molecule has 1 heterocycles. The van der Waals surface area contributed by atoms with Gasteiger partial charge in [-0.25, -0.2) is 0 Å². The van der Waals surface area contributed by atoms with Crippen molar-refractivity contribution in [3.05, 3.63) is 53.6 Å². The van der Waals surface area contributed by atoms with Crippen LogP contribution < -0.4 is 5.32 Å². The molecule has 3 rings (SSSR count). The third kappa shape index (κ3) is 4.42. The first-order valence-corrected chi connectivity index (χ1v) is 9.04. The molecule has 0 spiro atoms. The van der Waals surface area contributed by atoms with Crippen LogP contribution in [0.4, 0.5) is 0 Å². The zero-order valence-corrected chi connectivity index (χ0v) is 15.5. The molecule has 1 amide bonds. The number of ether oxygens (including phenoxy) is 1. The van der Waals surface area contributed by atoms with E-state index < -0.39 is 0 Å². The number of amides is 1. The number of benzene rings is 2. The molecule has 2 aromatic carbocycles. The number of methoxy groups -OCH3 is 1. The third-order valence-electron chi connectivity index (χ3n) is 4.16. The van der Waals surface area contributed by atoms with E-state index in [1.165, 1.54) is 0 Å². The number of aryl methyl sites for hydroxylation is 1. The maximum atomic E-state index is 11.8. The molecule has 136 valence electrons. The molecule has 1 N–H and O–H groups in total. The van der Waals surface area contributed by atoms with Gasteiger partial charge in [0.2, 0.25) is 5.91 Å². The first-order chi connectivity index (χ1) is 12.7.